The second-order valence-corrected chi connectivity index (χ2v) is 6.14. The zero-order valence-corrected chi connectivity index (χ0v) is 13.3. The lowest BCUT2D eigenvalue weighted by molar-refractivity contribution is -0.111. The predicted molar refractivity (Wildman–Crippen MR) is 93.2 cm³/mol. The van der Waals surface area contributed by atoms with Crippen molar-refractivity contribution in [2.45, 2.75) is 13.8 Å². The van der Waals surface area contributed by atoms with Gasteiger partial charge in [-0.2, -0.15) is 0 Å². The molecule has 0 saturated carbocycles. The molecule has 110 valence electrons. The molecule has 1 N–H and O–H groups in total. The third kappa shape index (κ3) is 3.07. The molecule has 0 radical (unpaired) electrons. The first kappa shape index (κ1) is 14.5. The fourth-order valence-corrected chi connectivity index (χ4v) is 3.09. The summed E-state index contributed by atoms with van der Waals surface area (Å²) in [7, 11) is 0. The minimum atomic E-state index is -0.169. The number of hydrogen-bond acceptors (Lipinski definition) is 3. The Balaban J connectivity index is 1.77. The van der Waals surface area contributed by atoms with Gasteiger partial charge in [-0.15, -0.1) is 0 Å². The van der Waals surface area contributed by atoms with E-state index in [4.69, 9.17) is 0 Å². The maximum absolute atomic E-state index is 12.0. The second kappa shape index (κ2) is 6.12. The van der Waals surface area contributed by atoms with E-state index in [2.05, 4.69) is 30.2 Å². The Bertz CT molecular complexity index is 850. The summed E-state index contributed by atoms with van der Waals surface area (Å²) in [6.07, 6.45) is 3.32. The molecule has 0 fully saturated rings. The highest BCUT2D eigenvalue weighted by atomic mass is 32.1. The van der Waals surface area contributed by atoms with Gasteiger partial charge in [0.05, 0.1) is 10.2 Å². The Hall–Kier alpha value is -2.46. The smallest absolute Gasteiger partial charge is 0.250 e. The van der Waals surface area contributed by atoms with Gasteiger partial charge in [0.25, 0.3) is 0 Å². The van der Waals surface area contributed by atoms with Crippen LogP contribution in [-0.2, 0) is 4.79 Å². The summed E-state index contributed by atoms with van der Waals surface area (Å²) in [5.74, 6) is -0.169. The molecule has 3 aromatic rings. The number of thiazole rings is 1. The highest BCUT2D eigenvalue weighted by molar-refractivity contribution is 7.22. The first-order valence-electron chi connectivity index (χ1n) is 7.04. The highest BCUT2D eigenvalue weighted by Crippen LogP contribution is 2.29. The van der Waals surface area contributed by atoms with E-state index in [1.165, 1.54) is 23.0 Å². The topological polar surface area (TPSA) is 42.0 Å². The molecule has 0 saturated heterocycles. The van der Waals surface area contributed by atoms with Crippen LogP contribution < -0.4 is 5.32 Å². The maximum atomic E-state index is 12.0. The van der Waals surface area contributed by atoms with E-state index in [1.54, 1.807) is 6.08 Å². The van der Waals surface area contributed by atoms with Crippen molar-refractivity contribution in [2.24, 2.45) is 0 Å². The van der Waals surface area contributed by atoms with Crippen molar-refractivity contribution in [1.82, 2.24) is 4.98 Å². The van der Waals surface area contributed by atoms with E-state index in [-0.39, 0.29) is 5.91 Å². The van der Waals surface area contributed by atoms with Crippen molar-refractivity contribution < 1.29 is 4.79 Å². The van der Waals surface area contributed by atoms with Gasteiger partial charge in [-0.3, -0.25) is 10.1 Å². The van der Waals surface area contributed by atoms with Crippen LogP contribution in [0.25, 0.3) is 16.3 Å². The van der Waals surface area contributed by atoms with Crippen molar-refractivity contribution in [2.75, 3.05) is 5.32 Å². The van der Waals surface area contributed by atoms with E-state index >= 15 is 0 Å². The van der Waals surface area contributed by atoms with Gasteiger partial charge in [-0.25, -0.2) is 4.98 Å². The molecule has 2 aromatic carbocycles. The van der Waals surface area contributed by atoms with Crippen LogP contribution in [0, 0.1) is 13.8 Å². The molecular formula is C18H16N2OS. The van der Waals surface area contributed by atoms with Gasteiger partial charge in [0.1, 0.15) is 0 Å². The van der Waals surface area contributed by atoms with Crippen LogP contribution in [0.15, 0.2) is 48.5 Å². The molecule has 0 aliphatic rings. The van der Waals surface area contributed by atoms with Crippen LogP contribution in [0.3, 0.4) is 0 Å². The summed E-state index contributed by atoms with van der Waals surface area (Å²) in [5.41, 5.74) is 4.33. The summed E-state index contributed by atoms with van der Waals surface area (Å²) in [5, 5.41) is 3.46. The van der Waals surface area contributed by atoms with Gasteiger partial charge < -0.3 is 0 Å². The number of hydrogen-bond donors (Lipinski definition) is 1. The summed E-state index contributed by atoms with van der Waals surface area (Å²) >= 11 is 1.49. The molecular weight excluding hydrogens is 292 g/mol. The quantitative estimate of drug-likeness (QED) is 0.720. The van der Waals surface area contributed by atoms with E-state index in [1.807, 2.05) is 36.4 Å². The third-order valence-corrected chi connectivity index (χ3v) is 4.48. The number of nitrogens with one attached hydrogen (secondary N) is 1. The lowest BCUT2D eigenvalue weighted by atomic mass is 10.1. The molecule has 0 aliphatic heterocycles. The Morgan fingerprint density at radius 3 is 2.68 bits per heavy atom. The number of anilines is 1. The minimum Gasteiger partial charge on any atom is -0.298 e. The normalized spacial score (nSPS) is 11.2. The Kier molecular flexibility index (Phi) is 4.02. The highest BCUT2D eigenvalue weighted by Gasteiger charge is 2.09. The van der Waals surface area contributed by atoms with Gasteiger partial charge in [0.2, 0.25) is 5.91 Å². The van der Waals surface area contributed by atoms with Crippen LogP contribution in [0.1, 0.15) is 16.7 Å². The fourth-order valence-electron chi connectivity index (χ4n) is 2.16. The molecule has 1 heterocycles. The molecule has 0 spiro atoms. The molecule has 3 rings (SSSR count). The number of nitrogens with zero attached hydrogens (tertiary/aromatic N) is 1. The van der Waals surface area contributed by atoms with E-state index in [0.717, 1.165) is 21.3 Å². The Labute approximate surface area is 133 Å². The molecule has 0 atom stereocenters. The molecule has 22 heavy (non-hydrogen) atoms. The molecule has 0 aliphatic carbocycles. The lowest BCUT2D eigenvalue weighted by Crippen LogP contribution is -2.07. The third-order valence-electron chi connectivity index (χ3n) is 3.54. The van der Waals surface area contributed by atoms with Gasteiger partial charge in [-0.05, 0) is 42.7 Å². The molecule has 1 aromatic heterocycles. The molecule has 4 heteroatoms. The maximum Gasteiger partial charge on any atom is 0.250 e. The molecule has 0 unspecified atom stereocenters. The summed E-state index contributed by atoms with van der Waals surface area (Å²) in [6, 6.07) is 13.9. The van der Waals surface area contributed by atoms with E-state index < -0.39 is 0 Å². The number of amides is 1. The standard InChI is InChI=1S/C18H16N2OS/c1-12-8-10-15-17(13(12)2)20-18(22-15)19-16(21)11-9-14-6-4-3-5-7-14/h3-11H,1-2H3,(H,19,20,21)/b11-9+. The molecule has 3 nitrogen and oxygen atoms in total. The largest absolute Gasteiger partial charge is 0.298 e. The van der Waals surface area contributed by atoms with Crippen molar-refractivity contribution >= 4 is 38.7 Å². The first-order chi connectivity index (χ1) is 10.6. The number of aryl methyl sites for hydroxylation is 2. The molecule has 0 bridgehead atoms. The Morgan fingerprint density at radius 2 is 1.91 bits per heavy atom. The van der Waals surface area contributed by atoms with Gasteiger partial charge in [-0.1, -0.05) is 47.7 Å². The van der Waals surface area contributed by atoms with Gasteiger partial charge in [0.15, 0.2) is 5.13 Å². The fraction of sp³-hybridized carbons (Fsp3) is 0.111. The van der Waals surface area contributed by atoms with E-state index in [0.29, 0.717) is 5.13 Å². The summed E-state index contributed by atoms with van der Waals surface area (Å²) < 4.78 is 1.09. The zero-order valence-electron chi connectivity index (χ0n) is 12.5. The zero-order chi connectivity index (χ0) is 15.5. The van der Waals surface area contributed by atoms with Crippen LogP contribution in [0.5, 0.6) is 0 Å². The second-order valence-electron chi connectivity index (χ2n) is 5.11. The van der Waals surface area contributed by atoms with Crippen molar-refractivity contribution in [3.05, 3.63) is 65.2 Å². The van der Waals surface area contributed by atoms with Crippen LogP contribution in [-0.4, -0.2) is 10.9 Å². The summed E-state index contributed by atoms with van der Waals surface area (Å²) in [6.45, 7) is 4.12. The van der Waals surface area contributed by atoms with Crippen molar-refractivity contribution in [1.29, 1.82) is 0 Å². The van der Waals surface area contributed by atoms with Crippen LogP contribution in [0.4, 0.5) is 5.13 Å². The summed E-state index contributed by atoms with van der Waals surface area (Å²) in [4.78, 5) is 16.5. The monoisotopic (exact) mass is 308 g/mol. The number of aromatic nitrogens is 1. The number of carbonyl (C=O) groups excluding carboxylic acids is 1. The van der Waals surface area contributed by atoms with Gasteiger partial charge in [0, 0.05) is 6.08 Å². The van der Waals surface area contributed by atoms with Crippen LogP contribution in [0.2, 0.25) is 0 Å². The van der Waals surface area contributed by atoms with Crippen LogP contribution >= 0.6 is 11.3 Å². The average Bonchev–Trinajstić information content (AvgIpc) is 2.93. The van der Waals surface area contributed by atoms with E-state index in [9.17, 15) is 4.79 Å². The molecule has 1 amide bonds. The SMILES string of the molecule is Cc1ccc2sc(NC(=O)/C=C/c3ccccc3)nc2c1C. The first-order valence-corrected chi connectivity index (χ1v) is 7.86. The number of rotatable bonds is 3. The minimum absolute atomic E-state index is 0.169. The average molecular weight is 308 g/mol. The number of carbonyl (C=O) groups is 1. The Morgan fingerprint density at radius 1 is 1.14 bits per heavy atom. The van der Waals surface area contributed by atoms with Gasteiger partial charge >= 0.3 is 0 Å². The number of benzene rings is 2. The van der Waals surface area contributed by atoms with Crippen molar-refractivity contribution in [3.63, 3.8) is 0 Å². The number of fused-ring (bicyclic) bond motifs is 1. The predicted octanol–water partition coefficient (Wildman–Crippen LogP) is 4.57. The lowest BCUT2D eigenvalue weighted by Gasteiger charge is -1.98. The van der Waals surface area contributed by atoms with Crippen molar-refractivity contribution in [3.8, 4) is 0 Å².